The van der Waals surface area contributed by atoms with Gasteiger partial charge in [0.05, 0.1) is 0 Å². The summed E-state index contributed by atoms with van der Waals surface area (Å²) in [7, 11) is 0. The number of urea groups is 1. The summed E-state index contributed by atoms with van der Waals surface area (Å²) < 4.78 is 0. The number of hydrogen-bond acceptors (Lipinski definition) is 3. The molecule has 106 valence electrons. The Labute approximate surface area is 114 Å². The van der Waals surface area contributed by atoms with Gasteiger partial charge in [-0.2, -0.15) is 11.8 Å². The molecule has 2 amide bonds. The zero-order valence-electron chi connectivity index (χ0n) is 11.4. The van der Waals surface area contributed by atoms with E-state index in [2.05, 4.69) is 16.9 Å². The lowest BCUT2D eigenvalue weighted by Crippen LogP contribution is -2.49. The van der Waals surface area contributed by atoms with Crippen molar-refractivity contribution in [3.8, 4) is 0 Å². The molecule has 0 aromatic carbocycles. The molecule has 0 aromatic rings. The Balaban J connectivity index is 2.29. The molecule has 1 saturated carbocycles. The molecule has 1 aliphatic rings. The Morgan fingerprint density at radius 2 is 2.17 bits per heavy atom. The third-order valence-corrected chi connectivity index (χ3v) is 4.24. The van der Waals surface area contributed by atoms with Crippen molar-refractivity contribution in [2.75, 3.05) is 18.6 Å². The second kappa shape index (κ2) is 8.64. The highest BCUT2D eigenvalue weighted by molar-refractivity contribution is 7.98. The molecule has 1 rings (SSSR count). The number of nitrogens with one attached hydrogen (secondary N) is 2. The van der Waals surface area contributed by atoms with Crippen molar-refractivity contribution in [2.45, 2.75) is 51.1 Å². The molecule has 3 N–H and O–H groups in total. The average molecular weight is 274 g/mol. The normalized spacial score (nSPS) is 25.5. The van der Waals surface area contributed by atoms with Crippen LogP contribution in [0.4, 0.5) is 4.79 Å². The maximum absolute atomic E-state index is 11.8. The number of carbonyl (C=O) groups is 1. The predicted molar refractivity (Wildman–Crippen MR) is 77.0 cm³/mol. The van der Waals surface area contributed by atoms with Gasteiger partial charge in [-0.3, -0.25) is 0 Å². The molecule has 1 fully saturated rings. The summed E-state index contributed by atoms with van der Waals surface area (Å²) in [6.45, 7) is 2.20. The van der Waals surface area contributed by atoms with Crippen molar-refractivity contribution < 1.29 is 9.90 Å². The first kappa shape index (κ1) is 15.6. The van der Waals surface area contributed by atoms with E-state index in [9.17, 15) is 9.90 Å². The molecule has 0 aromatic heterocycles. The van der Waals surface area contributed by atoms with Crippen molar-refractivity contribution >= 4 is 17.8 Å². The van der Waals surface area contributed by atoms with E-state index in [1.54, 1.807) is 11.8 Å². The molecule has 0 unspecified atom stereocenters. The van der Waals surface area contributed by atoms with Gasteiger partial charge in [-0.1, -0.05) is 12.8 Å². The second-order valence-corrected chi connectivity index (χ2v) is 6.12. The molecule has 5 heteroatoms. The number of amides is 2. The van der Waals surface area contributed by atoms with Gasteiger partial charge in [0.25, 0.3) is 0 Å². The third-order valence-electron chi connectivity index (χ3n) is 3.59. The molecule has 18 heavy (non-hydrogen) atoms. The van der Waals surface area contributed by atoms with Crippen LogP contribution in [0, 0.1) is 5.92 Å². The van der Waals surface area contributed by atoms with Crippen molar-refractivity contribution in [1.82, 2.24) is 10.6 Å². The highest BCUT2D eigenvalue weighted by Crippen LogP contribution is 2.23. The molecule has 0 spiro atoms. The summed E-state index contributed by atoms with van der Waals surface area (Å²) in [5, 5.41) is 15.3. The minimum absolute atomic E-state index is 0.0889. The lowest BCUT2D eigenvalue weighted by atomic mass is 9.85. The van der Waals surface area contributed by atoms with E-state index < -0.39 is 0 Å². The van der Waals surface area contributed by atoms with Crippen LogP contribution in [0.3, 0.4) is 0 Å². The van der Waals surface area contributed by atoms with Crippen LogP contribution in [0.2, 0.25) is 0 Å². The molecular formula is C13H26N2O2S. The quantitative estimate of drug-likeness (QED) is 0.694. The van der Waals surface area contributed by atoms with Gasteiger partial charge < -0.3 is 15.7 Å². The topological polar surface area (TPSA) is 61.4 Å². The highest BCUT2D eigenvalue weighted by atomic mass is 32.2. The van der Waals surface area contributed by atoms with Crippen LogP contribution < -0.4 is 10.6 Å². The van der Waals surface area contributed by atoms with E-state index in [0.29, 0.717) is 0 Å². The average Bonchev–Trinajstić information content (AvgIpc) is 2.36. The van der Waals surface area contributed by atoms with Crippen LogP contribution in [-0.2, 0) is 0 Å². The Bertz CT molecular complexity index is 251. The zero-order chi connectivity index (χ0) is 13.4. The Morgan fingerprint density at radius 3 is 2.83 bits per heavy atom. The van der Waals surface area contributed by atoms with Crippen LogP contribution in [0.25, 0.3) is 0 Å². The molecule has 1 aliphatic carbocycles. The SMILES string of the molecule is CSCC[C@@H](C)NC(=O)N[C@@H]1CCCC[C@@H]1CO. The Hall–Kier alpha value is -0.420. The summed E-state index contributed by atoms with van der Waals surface area (Å²) >= 11 is 1.79. The fourth-order valence-electron chi connectivity index (χ4n) is 2.42. The minimum Gasteiger partial charge on any atom is -0.396 e. The first-order valence-electron chi connectivity index (χ1n) is 6.84. The van der Waals surface area contributed by atoms with Gasteiger partial charge in [-0.25, -0.2) is 4.79 Å². The first-order chi connectivity index (χ1) is 8.67. The number of aliphatic hydroxyl groups excluding tert-OH is 1. The molecule has 0 heterocycles. The van der Waals surface area contributed by atoms with E-state index in [0.717, 1.165) is 37.9 Å². The van der Waals surface area contributed by atoms with Crippen LogP contribution in [0.5, 0.6) is 0 Å². The van der Waals surface area contributed by atoms with Crippen molar-refractivity contribution in [3.05, 3.63) is 0 Å². The standard InChI is InChI=1S/C13H26N2O2S/c1-10(7-8-18-2)14-13(17)15-12-6-4-3-5-11(12)9-16/h10-12,16H,3-9H2,1-2H3,(H2,14,15,17)/t10-,11-,12-/m1/s1. The number of hydrogen-bond donors (Lipinski definition) is 3. The van der Waals surface area contributed by atoms with Crippen LogP contribution in [-0.4, -0.2) is 41.8 Å². The maximum atomic E-state index is 11.8. The molecular weight excluding hydrogens is 248 g/mol. The monoisotopic (exact) mass is 274 g/mol. The number of carbonyl (C=O) groups excluding carboxylic acids is 1. The molecule has 0 bridgehead atoms. The number of thioether (sulfide) groups is 1. The second-order valence-electron chi connectivity index (χ2n) is 5.13. The minimum atomic E-state index is -0.0889. The third kappa shape index (κ3) is 5.48. The van der Waals surface area contributed by atoms with E-state index >= 15 is 0 Å². The summed E-state index contributed by atoms with van der Waals surface area (Å²) in [5.74, 6) is 1.29. The maximum Gasteiger partial charge on any atom is 0.315 e. The van der Waals surface area contributed by atoms with Gasteiger partial charge in [-0.15, -0.1) is 0 Å². The largest absolute Gasteiger partial charge is 0.396 e. The lowest BCUT2D eigenvalue weighted by molar-refractivity contribution is 0.153. The lowest BCUT2D eigenvalue weighted by Gasteiger charge is -2.31. The van der Waals surface area contributed by atoms with E-state index in [1.165, 1.54) is 0 Å². The van der Waals surface area contributed by atoms with Gasteiger partial charge >= 0.3 is 6.03 Å². The molecule has 3 atom stereocenters. The first-order valence-corrected chi connectivity index (χ1v) is 8.23. The summed E-state index contributed by atoms with van der Waals surface area (Å²) in [4.78, 5) is 11.8. The van der Waals surface area contributed by atoms with Crippen LogP contribution >= 0.6 is 11.8 Å². The van der Waals surface area contributed by atoms with Gasteiger partial charge in [0.1, 0.15) is 0 Å². The van der Waals surface area contributed by atoms with Gasteiger partial charge in [0.2, 0.25) is 0 Å². The fourth-order valence-corrected chi connectivity index (χ4v) is 3.01. The number of aliphatic hydroxyl groups is 1. The van der Waals surface area contributed by atoms with E-state index in [-0.39, 0.29) is 30.6 Å². The molecule has 0 saturated heterocycles. The summed E-state index contributed by atoms with van der Waals surface area (Å²) in [6, 6.07) is 0.249. The number of rotatable bonds is 6. The van der Waals surface area contributed by atoms with Crippen LogP contribution in [0.1, 0.15) is 39.0 Å². The molecule has 0 radical (unpaired) electrons. The van der Waals surface area contributed by atoms with Crippen molar-refractivity contribution in [3.63, 3.8) is 0 Å². The summed E-state index contributed by atoms with van der Waals surface area (Å²) in [6.07, 6.45) is 7.36. The van der Waals surface area contributed by atoms with Gasteiger partial charge in [0.15, 0.2) is 0 Å². The van der Waals surface area contributed by atoms with Crippen molar-refractivity contribution in [1.29, 1.82) is 0 Å². The fraction of sp³-hybridized carbons (Fsp3) is 0.923. The predicted octanol–water partition coefficient (Wildman–Crippen LogP) is 1.98. The van der Waals surface area contributed by atoms with Gasteiger partial charge in [0, 0.05) is 24.6 Å². The van der Waals surface area contributed by atoms with Gasteiger partial charge in [-0.05, 0) is 38.2 Å². The molecule has 0 aliphatic heterocycles. The van der Waals surface area contributed by atoms with E-state index in [4.69, 9.17) is 0 Å². The Kier molecular flexibility index (Phi) is 7.51. The van der Waals surface area contributed by atoms with E-state index in [1.807, 2.05) is 6.92 Å². The highest BCUT2D eigenvalue weighted by Gasteiger charge is 2.25. The van der Waals surface area contributed by atoms with Crippen LogP contribution in [0.15, 0.2) is 0 Å². The summed E-state index contributed by atoms with van der Waals surface area (Å²) in [5.41, 5.74) is 0. The smallest absolute Gasteiger partial charge is 0.315 e. The Morgan fingerprint density at radius 1 is 1.44 bits per heavy atom. The zero-order valence-corrected chi connectivity index (χ0v) is 12.3. The molecule has 4 nitrogen and oxygen atoms in total. The van der Waals surface area contributed by atoms with Crippen molar-refractivity contribution in [2.24, 2.45) is 5.92 Å².